The summed E-state index contributed by atoms with van der Waals surface area (Å²) in [6.45, 7) is 0.174. The third-order valence-corrected chi connectivity index (χ3v) is 3.91. The van der Waals surface area contributed by atoms with Crippen LogP contribution in [0.25, 0.3) is 0 Å². The molecule has 3 aromatic carbocycles. The van der Waals surface area contributed by atoms with Crippen molar-refractivity contribution in [3.63, 3.8) is 0 Å². The quantitative estimate of drug-likeness (QED) is 0.573. The number of para-hydroxylation sites is 2. The third-order valence-electron chi connectivity index (χ3n) is 3.35. The molecule has 25 heavy (non-hydrogen) atoms. The summed E-state index contributed by atoms with van der Waals surface area (Å²) in [6, 6.07) is 15.5. The number of hydrogen-bond acceptors (Lipinski definition) is 3. The van der Waals surface area contributed by atoms with Crippen LogP contribution in [0.4, 0.5) is 4.39 Å². The molecule has 6 heteroatoms. The molecule has 1 N–H and O–H groups in total. The van der Waals surface area contributed by atoms with E-state index in [-0.39, 0.29) is 23.9 Å². The highest BCUT2D eigenvalue weighted by Gasteiger charge is 2.12. The molecule has 0 aromatic heterocycles. The van der Waals surface area contributed by atoms with Crippen LogP contribution in [0, 0.1) is 5.82 Å². The number of benzene rings is 3. The Morgan fingerprint density at radius 1 is 0.920 bits per heavy atom. The Morgan fingerprint density at radius 2 is 1.56 bits per heavy atom. The van der Waals surface area contributed by atoms with Gasteiger partial charge in [-0.25, -0.2) is 4.39 Å². The zero-order valence-corrected chi connectivity index (χ0v) is 14.4. The van der Waals surface area contributed by atoms with E-state index in [1.54, 1.807) is 30.3 Å². The Balaban J connectivity index is 1.75. The first-order valence-electron chi connectivity index (χ1n) is 7.35. The molecule has 0 atom stereocenters. The molecule has 0 aliphatic carbocycles. The Bertz CT molecular complexity index is 859. The summed E-state index contributed by atoms with van der Waals surface area (Å²) in [6.07, 6.45) is 0. The first-order valence-corrected chi connectivity index (χ1v) is 8.10. The zero-order valence-electron chi connectivity index (χ0n) is 12.9. The molecule has 3 rings (SSSR count). The Kier molecular flexibility index (Phi) is 5.31. The highest BCUT2D eigenvalue weighted by atomic mass is 35.5. The van der Waals surface area contributed by atoms with Crippen molar-refractivity contribution < 1.29 is 19.0 Å². The Labute approximate surface area is 154 Å². The molecule has 0 fully saturated rings. The lowest BCUT2D eigenvalue weighted by atomic mass is 10.2. The van der Waals surface area contributed by atoms with Crippen molar-refractivity contribution in [1.82, 2.24) is 0 Å². The summed E-state index contributed by atoms with van der Waals surface area (Å²) in [5.41, 5.74) is 0.713. The van der Waals surface area contributed by atoms with Gasteiger partial charge < -0.3 is 14.6 Å². The molecule has 0 heterocycles. The fourth-order valence-corrected chi connectivity index (χ4v) is 2.76. The van der Waals surface area contributed by atoms with Crippen LogP contribution >= 0.6 is 23.2 Å². The molecule has 128 valence electrons. The molecule has 3 aromatic rings. The highest BCUT2D eigenvalue weighted by Crippen LogP contribution is 2.38. The molecule has 0 aliphatic rings. The molecule has 0 radical (unpaired) electrons. The summed E-state index contributed by atoms with van der Waals surface area (Å²) >= 11 is 12.5. The molecule has 0 bridgehead atoms. The minimum Gasteiger partial charge on any atom is -0.504 e. The van der Waals surface area contributed by atoms with Gasteiger partial charge in [-0.2, -0.15) is 0 Å². The highest BCUT2D eigenvalue weighted by molar-refractivity contribution is 6.37. The van der Waals surface area contributed by atoms with E-state index in [9.17, 15) is 9.50 Å². The van der Waals surface area contributed by atoms with Gasteiger partial charge in [0.15, 0.2) is 17.2 Å². The van der Waals surface area contributed by atoms with Gasteiger partial charge in [-0.1, -0.05) is 35.3 Å². The summed E-state index contributed by atoms with van der Waals surface area (Å²) in [7, 11) is 0. The van der Waals surface area contributed by atoms with E-state index < -0.39 is 0 Å². The molecule has 0 spiro atoms. The summed E-state index contributed by atoms with van der Waals surface area (Å²) < 4.78 is 24.1. The molecule has 3 nitrogen and oxygen atoms in total. The van der Waals surface area contributed by atoms with Crippen LogP contribution in [0.3, 0.4) is 0 Å². The van der Waals surface area contributed by atoms with Crippen molar-refractivity contribution in [3.8, 4) is 23.0 Å². The Morgan fingerprint density at radius 3 is 2.20 bits per heavy atom. The van der Waals surface area contributed by atoms with Crippen molar-refractivity contribution in [2.45, 2.75) is 6.61 Å². The van der Waals surface area contributed by atoms with Gasteiger partial charge in [0.25, 0.3) is 0 Å². The van der Waals surface area contributed by atoms with Gasteiger partial charge in [0.05, 0.1) is 10.0 Å². The normalized spacial score (nSPS) is 10.5. The molecule has 0 saturated carbocycles. The largest absolute Gasteiger partial charge is 0.504 e. The first-order chi connectivity index (χ1) is 12.0. The minimum atomic E-state index is -0.360. The van der Waals surface area contributed by atoms with Gasteiger partial charge in [0.1, 0.15) is 18.2 Å². The lowest BCUT2D eigenvalue weighted by Gasteiger charge is -2.12. The van der Waals surface area contributed by atoms with Crippen LogP contribution in [-0.4, -0.2) is 5.11 Å². The standard InChI is InChI=1S/C19H13Cl2FO3/c20-15-9-12(11-24-18-4-2-1-3-17(18)23)10-16(21)19(15)25-14-7-5-13(22)6-8-14/h1-10,23H,11H2. The molecular formula is C19H13Cl2FO3. The van der Waals surface area contributed by atoms with E-state index in [4.69, 9.17) is 32.7 Å². The predicted molar refractivity (Wildman–Crippen MR) is 95.4 cm³/mol. The molecule has 0 aliphatic heterocycles. The number of ether oxygens (including phenoxy) is 2. The van der Waals surface area contributed by atoms with E-state index >= 15 is 0 Å². The van der Waals surface area contributed by atoms with Gasteiger partial charge >= 0.3 is 0 Å². The third kappa shape index (κ3) is 4.35. The maximum absolute atomic E-state index is 13.0. The lowest BCUT2D eigenvalue weighted by molar-refractivity contribution is 0.289. The monoisotopic (exact) mass is 378 g/mol. The molecular weight excluding hydrogens is 366 g/mol. The second-order valence-electron chi connectivity index (χ2n) is 5.20. The van der Waals surface area contributed by atoms with Gasteiger partial charge in [-0.3, -0.25) is 0 Å². The maximum atomic E-state index is 13.0. The summed E-state index contributed by atoms with van der Waals surface area (Å²) in [5, 5.41) is 10.3. The minimum absolute atomic E-state index is 0.0518. The summed E-state index contributed by atoms with van der Waals surface area (Å²) in [5.74, 6) is 0.753. The van der Waals surface area contributed by atoms with E-state index in [1.165, 1.54) is 30.3 Å². The van der Waals surface area contributed by atoms with Crippen LogP contribution in [0.1, 0.15) is 5.56 Å². The van der Waals surface area contributed by atoms with Crippen LogP contribution < -0.4 is 9.47 Å². The van der Waals surface area contributed by atoms with Gasteiger partial charge in [-0.05, 0) is 54.1 Å². The van der Waals surface area contributed by atoms with Crippen LogP contribution in [0.5, 0.6) is 23.0 Å². The zero-order chi connectivity index (χ0) is 17.8. The number of phenols is 1. The second-order valence-corrected chi connectivity index (χ2v) is 6.02. The fraction of sp³-hybridized carbons (Fsp3) is 0.0526. The van der Waals surface area contributed by atoms with Crippen LogP contribution in [0.2, 0.25) is 10.0 Å². The number of halogens is 3. The average Bonchev–Trinajstić information content (AvgIpc) is 2.59. The molecule has 0 unspecified atom stereocenters. The smallest absolute Gasteiger partial charge is 0.164 e. The van der Waals surface area contributed by atoms with E-state index in [0.717, 1.165) is 0 Å². The van der Waals surface area contributed by atoms with Crippen LogP contribution in [-0.2, 0) is 6.61 Å². The van der Waals surface area contributed by atoms with Crippen molar-refractivity contribution in [1.29, 1.82) is 0 Å². The Hall–Kier alpha value is -2.43. The second kappa shape index (κ2) is 7.64. The van der Waals surface area contributed by atoms with Gasteiger partial charge in [0.2, 0.25) is 0 Å². The molecule has 0 saturated heterocycles. The maximum Gasteiger partial charge on any atom is 0.164 e. The number of aromatic hydroxyl groups is 1. The molecule has 0 amide bonds. The van der Waals surface area contributed by atoms with E-state index in [2.05, 4.69) is 0 Å². The van der Waals surface area contributed by atoms with E-state index in [1.807, 2.05) is 0 Å². The van der Waals surface area contributed by atoms with Crippen molar-refractivity contribution in [3.05, 3.63) is 82.1 Å². The SMILES string of the molecule is Oc1ccccc1OCc1cc(Cl)c(Oc2ccc(F)cc2)c(Cl)c1. The van der Waals surface area contributed by atoms with Crippen LogP contribution in [0.15, 0.2) is 60.7 Å². The number of rotatable bonds is 5. The van der Waals surface area contributed by atoms with Gasteiger partial charge in [-0.15, -0.1) is 0 Å². The average molecular weight is 379 g/mol. The number of hydrogen-bond donors (Lipinski definition) is 1. The van der Waals surface area contributed by atoms with Crippen molar-refractivity contribution in [2.75, 3.05) is 0 Å². The topological polar surface area (TPSA) is 38.7 Å². The van der Waals surface area contributed by atoms with Crippen molar-refractivity contribution >= 4 is 23.2 Å². The summed E-state index contributed by atoms with van der Waals surface area (Å²) in [4.78, 5) is 0. The fourth-order valence-electron chi connectivity index (χ4n) is 2.15. The lowest BCUT2D eigenvalue weighted by Crippen LogP contribution is -1.97. The van der Waals surface area contributed by atoms with E-state index in [0.29, 0.717) is 27.1 Å². The predicted octanol–water partition coefficient (Wildman–Crippen LogP) is 6.21. The first kappa shape index (κ1) is 17.4. The van der Waals surface area contributed by atoms with Gasteiger partial charge in [0, 0.05) is 0 Å². The number of phenolic OH excluding ortho intramolecular Hbond substituents is 1. The van der Waals surface area contributed by atoms with Crippen molar-refractivity contribution in [2.24, 2.45) is 0 Å².